The van der Waals surface area contributed by atoms with Crippen molar-refractivity contribution in [2.75, 3.05) is 18.4 Å². The van der Waals surface area contributed by atoms with Gasteiger partial charge in [0, 0.05) is 26.2 Å². The maximum atomic E-state index is 13.4. The molecule has 1 N–H and O–H groups in total. The molecule has 1 aliphatic heterocycles. The van der Waals surface area contributed by atoms with Gasteiger partial charge in [-0.1, -0.05) is 18.2 Å². The van der Waals surface area contributed by atoms with Crippen molar-refractivity contribution in [2.45, 2.75) is 46.3 Å². The lowest BCUT2D eigenvalue weighted by atomic mass is 9.97. The van der Waals surface area contributed by atoms with Crippen molar-refractivity contribution in [2.24, 2.45) is 0 Å². The first-order chi connectivity index (χ1) is 16.0. The first-order valence-electron chi connectivity index (χ1n) is 11.1. The summed E-state index contributed by atoms with van der Waals surface area (Å²) in [6.45, 7) is 7.79. The quantitative estimate of drug-likeness (QED) is 0.478. The molecule has 0 bridgehead atoms. The monoisotopic (exact) mass is 505 g/mol. The normalized spacial score (nSPS) is 14.8. The molecule has 0 radical (unpaired) electrons. The van der Waals surface area contributed by atoms with Crippen LogP contribution in [0.1, 0.15) is 54.4 Å². The molecule has 1 amide bonds. The molecule has 3 aromatic rings. The Labute approximate surface area is 208 Å². The zero-order valence-electron chi connectivity index (χ0n) is 19.9. The number of alkyl halides is 3. The van der Waals surface area contributed by atoms with E-state index in [1.807, 2.05) is 19.1 Å². The fourth-order valence-corrected chi connectivity index (χ4v) is 4.34. The molecule has 4 rings (SSSR count). The van der Waals surface area contributed by atoms with Crippen molar-refractivity contribution in [3.05, 3.63) is 64.6 Å². The topological polar surface area (TPSA) is 71.0 Å². The van der Waals surface area contributed by atoms with E-state index < -0.39 is 17.8 Å². The first-order valence-corrected chi connectivity index (χ1v) is 11.1. The van der Waals surface area contributed by atoms with Crippen LogP contribution in [0.4, 0.5) is 19.0 Å². The van der Waals surface area contributed by atoms with Crippen molar-refractivity contribution < 1.29 is 18.0 Å². The highest BCUT2D eigenvalue weighted by molar-refractivity contribution is 5.89. The smallest absolute Gasteiger partial charge is 0.363 e. The van der Waals surface area contributed by atoms with Crippen LogP contribution in [0.5, 0.6) is 0 Å². The van der Waals surface area contributed by atoms with Crippen molar-refractivity contribution in [3.63, 3.8) is 0 Å². The van der Waals surface area contributed by atoms with Gasteiger partial charge < -0.3 is 10.2 Å². The summed E-state index contributed by atoms with van der Waals surface area (Å²) in [6.07, 6.45) is 0.0727. The molecule has 1 aromatic carbocycles. The third kappa shape index (κ3) is 5.56. The third-order valence-electron chi connectivity index (χ3n) is 6.19. The first kappa shape index (κ1) is 26.4. The van der Waals surface area contributed by atoms with E-state index in [4.69, 9.17) is 0 Å². The molecule has 0 saturated carbocycles. The highest BCUT2D eigenvalue weighted by atomic mass is 35.5. The highest BCUT2D eigenvalue weighted by Crippen LogP contribution is 2.35. The van der Waals surface area contributed by atoms with Gasteiger partial charge in [-0.25, -0.2) is 15.0 Å². The number of aromatic nitrogens is 3. The van der Waals surface area contributed by atoms with Crippen LogP contribution in [0, 0.1) is 13.8 Å². The van der Waals surface area contributed by atoms with Gasteiger partial charge in [0.15, 0.2) is 5.65 Å². The average molecular weight is 506 g/mol. The summed E-state index contributed by atoms with van der Waals surface area (Å²) in [5, 5.41) is 3.97. The van der Waals surface area contributed by atoms with Crippen molar-refractivity contribution in [3.8, 4) is 0 Å². The minimum Gasteiger partial charge on any atom is -0.363 e. The molecular formula is C25H27ClF3N5O. The standard InChI is InChI=1S/C25H26F3N5O.ClH/c1-14-20(6-5-7-22(14)25(26,27)28)15(2)30-24-21-12-19(13-29-23(21)31-16(3)32-24)18-8-10-33(11-9-18)17(4)34;/h5-8,12-13,15H,9-11H2,1-4H3,(H,29,30,31,32);1H. The molecule has 0 spiro atoms. The number of hydrogen-bond donors (Lipinski definition) is 1. The second-order valence-corrected chi connectivity index (χ2v) is 8.54. The van der Waals surface area contributed by atoms with Gasteiger partial charge in [-0.3, -0.25) is 4.79 Å². The van der Waals surface area contributed by atoms with Gasteiger partial charge >= 0.3 is 6.18 Å². The number of carbonyl (C=O) groups is 1. The van der Waals surface area contributed by atoms with Crippen molar-refractivity contribution in [1.82, 2.24) is 19.9 Å². The molecule has 2 aromatic heterocycles. The molecule has 1 atom stereocenters. The summed E-state index contributed by atoms with van der Waals surface area (Å²) in [7, 11) is 0. The zero-order valence-corrected chi connectivity index (χ0v) is 20.7. The summed E-state index contributed by atoms with van der Waals surface area (Å²) in [6, 6.07) is 5.73. The van der Waals surface area contributed by atoms with E-state index >= 15 is 0 Å². The number of aryl methyl sites for hydroxylation is 1. The van der Waals surface area contributed by atoms with E-state index in [0.29, 0.717) is 47.7 Å². The molecule has 1 unspecified atom stereocenters. The molecule has 186 valence electrons. The van der Waals surface area contributed by atoms with E-state index in [2.05, 4.69) is 20.3 Å². The van der Waals surface area contributed by atoms with Crippen LogP contribution in [0.25, 0.3) is 16.6 Å². The Hall–Kier alpha value is -3.20. The number of benzene rings is 1. The predicted octanol–water partition coefficient (Wildman–Crippen LogP) is 5.89. The Morgan fingerprint density at radius 3 is 2.57 bits per heavy atom. The summed E-state index contributed by atoms with van der Waals surface area (Å²) in [4.78, 5) is 26.8. The van der Waals surface area contributed by atoms with Gasteiger partial charge in [0.1, 0.15) is 11.6 Å². The van der Waals surface area contributed by atoms with Gasteiger partial charge in [0.05, 0.1) is 17.0 Å². The number of nitrogens with one attached hydrogen (secondary N) is 1. The van der Waals surface area contributed by atoms with Crippen LogP contribution in [0.2, 0.25) is 0 Å². The van der Waals surface area contributed by atoms with E-state index in [1.54, 1.807) is 31.0 Å². The molecular weight excluding hydrogens is 479 g/mol. The molecule has 10 heteroatoms. The lowest BCUT2D eigenvalue weighted by Gasteiger charge is -2.25. The summed E-state index contributed by atoms with van der Waals surface area (Å²) in [5.41, 5.74) is 2.59. The number of pyridine rings is 1. The second-order valence-electron chi connectivity index (χ2n) is 8.54. The number of fused-ring (bicyclic) bond motifs is 1. The molecule has 3 heterocycles. The number of anilines is 1. The van der Waals surface area contributed by atoms with Gasteiger partial charge in [0.25, 0.3) is 0 Å². The number of hydrogen-bond acceptors (Lipinski definition) is 5. The fraction of sp³-hybridized carbons (Fsp3) is 0.360. The van der Waals surface area contributed by atoms with Gasteiger partial charge in [0.2, 0.25) is 5.91 Å². The minimum atomic E-state index is -4.41. The van der Waals surface area contributed by atoms with Crippen molar-refractivity contribution in [1.29, 1.82) is 0 Å². The van der Waals surface area contributed by atoms with Gasteiger partial charge in [-0.2, -0.15) is 13.2 Å². The van der Waals surface area contributed by atoms with Crippen LogP contribution in [-0.4, -0.2) is 38.8 Å². The van der Waals surface area contributed by atoms with E-state index in [1.165, 1.54) is 13.0 Å². The maximum Gasteiger partial charge on any atom is 0.416 e. The molecule has 35 heavy (non-hydrogen) atoms. The van der Waals surface area contributed by atoms with Crippen LogP contribution in [0.15, 0.2) is 36.5 Å². The molecule has 1 aliphatic rings. The highest BCUT2D eigenvalue weighted by Gasteiger charge is 2.33. The average Bonchev–Trinajstić information content (AvgIpc) is 2.78. The minimum absolute atomic E-state index is 0. The van der Waals surface area contributed by atoms with E-state index in [-0.39, 0.29) is 23.9 Å². The SMILES string of the molecule is CC(=O)N1CC=C(c2cnc3nc(C)nc(NC(C)c4cccc(C(F)(F)F)c4C)c3c2)CC1.Cl. The van der Waals surface area contributed by atoms with Crippen molar-refractivity contribution >= 4 is 40.7 Å². The third-order valence-corrected chi connectivity index (χ3v) is 6.19. The van der Waals surface area contributed by atoms with Crippen LogP contribution < -0.4 is 5.32 Å². The Balaban J connectivity index is 0.00000342. The lowest BCUT2D eigenvalue weighted by molar-refractivity contribution is -0.138. The van der Waals surface area contributed by atoms with Gasteiger partial charge in [-0.15, -0.1) is 12.4 Å². The number of carbonyl (C=O) groups excluding carboxylic acids is 1. The summed E-state index contributed by atoms with van der Waals surface area (Å²) >= 11 is 0. The Kier molecular flexibility index (Phi) is 7.69. The maximum absolute atomic E-state index is 13.4. The van der Waals surface area contributed by atoms with Gasteiger partial charge in [-0.05, 0) is 61.6 Å². The second kappa shape index (κ2) is 10.2. The van der Waals surface area contributed by atoms with Crippen LogP contribution in [0.3, 0.4) is 0 Å². The molecule has 0 aliphatic carbocycles. The molecule has 0 saturated heterocycles. The van der Waals surface area contributed by atoms with E-state index in [0.717, 1.165) is 17.2 Å². The van der Waals surface area contributed by atoms with E-state index in [9.17, 15) is 18.0 Å². The Morgan fingerprint density at radius 1 is 1.20 bits per heavy atom. The summed E-state index contributed by atoms with van der Waals surface area (Å²) in [5.74, 6) is 1.07. The molecule has 6 nitrogen and oxygen atoms in total. The largest absolute Gasteiger partial charge is 0.416 e. The molecule has 0 fully saturated rings. The number of rotatable bonds is 4. The Bertz CT molecular complexity index is 1290. The summed E-state index contributed by atoms with van der Waals surface area (Å²) < 4.78 is 40.2. The number of amides is 1. The van der Waals surface area contributed by atoms with Crippen LogP contribution >= 0.6 is 12.4 Å². The fourth-order valence-electron chi connectivity index (χ4n) is 4.34. The number of halogens is 4. The zero-order chi connectivity index (χ0) is 24.6. The van der Waals surface area contributed by atoms with Crippen LogP contribution in [-0.2, 0) is 11.0 Å². The number of nitrogens with zero attached hydrogens (tertiary/aromatic N) is 4. The Morgan fingerprint density at radius 2 is 1.94 bits per heavy atom. The lowest BCUT2D eigenvalue weighted by Crippen LogP contribution is -2.32. The predicted molar refractivity (Wildman–Crippen MR) is 132 cm³/mol.